The predicted octanol–water partition coefficient (Wildman–Crippen LogP) is 1.88. The van der Waals surface area contributed by atoms with E-state index in [9.17, 15) is 5.11 Å². The number of thiazole rings is 1. The van der Waals surface area contributed by atoms with Gasteiger partial charge in [-0.3, -0.25) is 5.10 Å². The number of H-pyrrole nitrogens is 1. The Balaban J connectivity index is 1.86. The van der Waals surface area contributed by atoms with E-state index in [0.29, 0.717) is 17.8 Å². The fraction of sp³-hybridized carbons (Fsp3) is 0.167. The first kappa shape index (κ1) is 11.2. The van der Waals surface area contributed by atoms with Crippen LogP contribution in [0.4, 0.5) is 5.82 Å². The van der Waals surface area contributed by atoms with Crippen LogP contribution in [0.5, 0.6) is 0 Å². The largest absolute Gasteiger partial charge is 0.388 e. The van der Waals surface area contributed by atoms with Crippen LogP contribution in [0.3, 0.4) is 0 Å². The minimum absolute atomic E-state index is 0.406. The van der Waals surface area contributed by atoms with Gasteiger partial charge in [-0.2, -0.15) is 5.10 Å². The minimum Gasteiger partial charge on any atom is -0.388 e. The molecule has 0 saturated heterocycles. The summed E-state index contributed by atoms with van der Waals surface area (Å²) in [5, 5.41) is 17.4. The molecule has 2 aromatic heterocycles. The monoisotopic (exact) mass is 260 g/mol. The number of aliphatic hydroxyl groups excluding tert-OH is 1. The molecule has 0 fully saturated rings. The van der Waals surface area contributed by atoms with Crippen molar-refractivity contribution in [2.24, 2.45) is 0 Å². The van der Waals surface area contributed by atoms with Gasteiger partial charge in [0.15, 0.2) is 0 Å². The Morgan fingerprint density at radius 1 is 1.39 bits per heavy atom. The van der Waals surface area contributed by atoms with Gasteiger partial charge in [0, 0.05) is 12.0 Å². The van der Waals surface area contributed by atoms with Crippen LogP contribution in [0, 0.1) is 0 Å². The summed E-state index contributed by atoms with van der Waals surface area (Å²) in [6, 6.07) is 7.92. The summed E-state index contributed by atoms with van der Waals surface area (Å²) in [6.45, 7) is 0. The predicted molar refractivity (Wildman–Crippen MR) is 71.3 cm³/mol. The minimum atomic E-state index is -0.677. The van der Waals surface area contributed by atoms with Crippen molar-refractivity contribution in [3.05, 3.63) is 41.0 Å². The molecule has 0 saturated carbocycles. The molecule has 0 bridgehead atoms. The number of nitrogens with two attached hydrogens (primary N) is 1. The molecule has 5 nitrogen and oxygen atoms in total. The zero-order valence-corrected chi connectivity index (χ0v) is 10.3. The average Bonchev–Trinajstić information content (AvgIpc) is 2.94. The summed E-state index contributed by atoms with van der Waals surface area (Å²) in [5.41, 5.74) is 7.26. The van der Waals surface area contributed by atoms with E-state index < -0.39 is 6.10 Å². The third-order valence-electron chi connectivity index (χ3n) is 2.76. The normalized spacial score (nSPS) is 12.9. The number of fused-ring (bicyclic) bond motifs is 1. The SMILES string of the molecule is Nc1[nH]ncc1C(O)Cc1nc2ccccc2s1. The van der Waals surface area contributed by atoms with Crippen LogP contribution >= 0.6 is 11.3 Å². The van der Waals surface area contributed by atoms with Gasteiger partial charge in [-0.05, 0) is 12.1 Å². The maximum Gasteiger partial charge on any atom is 0.124 e. The van der Waals surface area contributed by atoms with Crippen LogP contribution in [0.15, 0.2) is 30.5 Å². The molecule has 3 rings (SSSR count). The molecular formula is C12H12N4OS. The van der Waals surface area contributed by atoms with Gasteiger partial charge in [0.05, 0.1) is 27.5 Å². The number of aromatic nitrogens is 3. The molecule has 18 heavy (non-hydrogen) atoms. The highest BCUT2D eigenvalue weighted by Gasteiger charge is 2.15. The number of aliphatic hydroxyl groups is 1. The number of aromatic amines is 1. The van der Waals surface area contributed by atoms with Crippen LogP contribution in [0.2, 0.25) is 0 Å². The molecular weight excluding hydrogens is 248 g/mol. The quantitative estimate of drug-likeness (QED) is 0.671. The van der Waals surface area contributed by atoms with Gasteiger partial charge in [-0.25, -0.2) is 4.98 Å². The molecule has 0 amide bonds. The fourth-order valence-corrected chi connectivity index (χ4v) is 2.86. The summed E-state index contributed by atoms with van der Waals surface area (Å²) in [6.07, 6.45) is 1.32. The van der Waals surface area contributed by atoms with Crippen molar-refractivity contribution in [3.63, 3.8) is 0 Å². The van der Waals surface area contributed by atoms with Crippen molar-refractivity contribution in [1.82, 2.24) is 15.2 Å². The number of nitrogen functional groups attached to an aromatic ring is 1. The molecule has 2 heterocycles. The Morgan fingerprint density at radius 2 is 2.22 bits per heavy atom. The maximum absolute atomic E-state index is 10.1. The number of hydrogen-bond acceptors (Lipinski definition) is 5. The molecule has 0 aliphatic heterocycles. The zero-order valence-electron chi connectivity index (χ0n) is 9.50. The van der Waals surface area contributed by atoms with Crippen LogP contribution in [-0.2, 0) is 6.42 Å². The van der Waals surface area contributed by atoms with E-state index in [1.54, 1.807) is 17.5 Å². The number of rotatable bonds is 3. The van der Waals surface area contributed by atoms with Crippen molar-refractivity contribution in [2.45, 2.75) is 12.5 Å². The fourth-order valence-electron chi connectivity index (χ4n) is 1.85. The molecule has 0 aliphatic rings. The van der Waals surface area contributed by atoms with Gasteiger partial charge >= 0.3 is 0 Å². The summed E-state index contributed by atoms with van der Waals surface area (Å²) >= 11 is 1.59. The lowest BCUT2D eigenvalue weighted by Crippen LogP contribution is -2.03. The Hall–Kier alpha value is -1.92. The standard InChI is InChI=1S/C12H12N4OS/c13-12-7(6-14-16-12)9(17)5-11-15-8-3-1-2-4-10(8)18-11/h1-4,6,9,17H,5H2,(H3,13,14,16). The van der Waals surface area contributed by atoms with E-state index in [1.165, 1.54) is 0 Å². The van der Waals surface area contributed by atoms with E-state index in [1.807, 2.05) is 24.3 Å². The Labute approximate surface area is 107 Å². The summed E-state index contributed by atoms with van der Waals surface area (Å²) in [5.74, 6) is 0.406. The zero-order chi connectivity index (χ0) is 12.5. The van der Waals surface area contributed by atoms with Crippen molar-refractivity contribution in [3.8, 4) is 0 Å². The number of benzene rings is 1. The molecule has 0 aliphatic carbocycles. The van der Waals surface area contributed by atoms with Gasteiger partial charge in [0.1, 0.15) is 5.82 Å². The lowest BCUT2D eigenvalue weighted by atomic mass is 10.1. The molecule has 1 unspecified atom stereocenters. The van der Waals surface area contributed by atoms with E-state index in [4.69, 9.17) is 5.73 Å². The number of nitrogens with one attached hydrogen (secondary N) is 1. The van der Waals surface area contributed by atoms with Gasteiger partial charge < -0.3 is 10.8 Å². The molecule has 6 heteroatoms. The number of anilines is 1. The first-order valence-corrected chi connectivity index (χ1v) is 6.37. The summed E-state index contributed by atoms with van der Waals surface area (Å²) in [7, 11) is 0. The maximum atomic E-state index is 10.1. The van der Waals surface area contributed by atoms with Gasteiger partial charge in [0.2, 0.25) is 0 Å². The van der Waals surface area contributed by atoms with E-state index in [2.05, 4.69) is 15.2 Å². The number of nitrogens with zero attached hydrogens (tertiary/aromatic N) is 2. The lowest BCUT2D eigenvalue weighted by molar-refractivity contribution is 0.179. The third-order valence-corrected chi connectivity index (χ3v) is 3.82. The van der Waals surface area contributed by atoms with Gasteiger partial charge in [-0.15, -0.1) is 11.3 Å². The molecule has 0 radical (unpaired) electrons. The van der Waals surface area contributed by atoms with E-state index in [0.717, 1.165) is 15.2 Å². The molecule has 1 aromatic carbocycles. The van der Waals surface area contributed by atoms with Crippen LogP contribution in [0.25, 0.3) is 10.2 Å². The average molecular weight is 260 g/mol. The highest BCUT2D eigenvalue weighted by molar-refractivity contribution is 7.18. The van der Waals surface area contributed by atoms with E-state index >= 15 is 0 Å². The van der Waals surface area contributed by atoms with Gasteiger partial charge in [0.25, 0.3) is 0 Å². The summed E-state index contributed by atoms with van der Waals surface area (Å²) in [4.78, 5) is 4.48. The second-order valence-corrected chi connectivity index (χ2v) is 5.15. The Kier molecular flexibility index (Phi) is 2.73. The molecule has 0 spiro atoms. The Bertz CT molecular complexity index is 642. The Morgan fingerprint density at radius 3 is 2.94 bits per heavy atom. The highest BCUT2D eigenvalue weighted by Crippen LogP contribution is 2.27. The third kappa shape index (κ3) is 1.96. The van der Waals surface area contributed by atoms with Crippen LogP contribution in [0.1, 0.15) is 16.7 Å². The van der Waals surface area contributed by atoms with Crippen molar-refractivity contribution in [2.75, 3.05) is 5.73 Å². The topological polar surface area (TPSA) is 87.8 Å². The molecule has 3 aromatic rings. The lowest BCUT2D eigenvalue weighted by Gasteiger charge is -2.06. The van der Waals surface area contributed by atoms with Crippen LogP contribution in [-0.4, -0.2) is 20.3 Å². The van der Waals surface area contributed by atoms with E-state index in [-0.39, 0.29) is 0 Å². The second-order valence-electron chi connectivity index (χ2n) is 4.03. The number of para-hydroxylation sites is 1. The molecule has 1 atom stereocenters. The first-order valence-electron chi connectivity index (χ1n) is 5.55. The van der Waals surface area contributed by atoms with Crippen molar-refractivity contribution in [1.29, 1.82) is 0 Å². The summed E-state index contributed by atoms with van der Waals surface area (Å²) < 4.78 is 1.12. The van der Waals surface area contributed by atoms with Crippen molar-refractivity contribution < 1.29 is 5.11 Å². The van der Waals surface area contributed by atoms with Crippen LogP contribution < -0.4 is 5.73 Å². The first-order chi connectivity index (χ1) is 8.74. The van der Waals surface area contributed by atoms with Crippen molar-refractivity contribution >= 4 is 27.4 Å². The number of hydrogen-bond donors (Lipinski definition) is 3. The molecule has 92 valence electrons. The second kappa shape index (κ2) is 4.40. The van der Waals surface area contributed by atoms with Gasteiger partial charge in [-0.1, -0.05) is 12.1 Å². The highest BCUT2D eigenvalue weighted by atomic mass is 32.1. The molecule has 4 N–H and O–H groups in total. The smallest absolute Gasteiger partial charge is 0.124 e.